The molecule has 2 heteroatoms. The second-order valence-corrected chi connectivity index (χ2v) is 4.64. The zero-order valence-electron chi connectivity index (χ0n) is 9.58. The van der Waals surface area contributed by atoms with Crippen LogP contribution in [0.25, 0.3) is 0 Å². The Balaban J connectivity index is 2.76. The molecule has 0 atom stereocenters. The molecule has 0 amide bonds. The molecule has 15 heavy (non-hydrogen) atoms. The van der Waals surface area contributed by atoms with Crippen LogP contribution in [0, 0.1) is 6.92 Å². The summed E-state index contributed by atoms with van der Waals surface area (Å²) < 4.78 is 0. The maximum atomic E-state index is 10.5. The van der Waals surface area contributed by atoms with Gasteiger partial charge in [0, 0.05) is 6.42 Å². The molecule has 0 saturated carbocycles. The molecule has 0 heterocycles. The largest absolute Gasteiger partial charge is 0.481 e. The molecule has 0 fully saturated rings. The molecule has 0 aliphatic rings. The number of aliphatic carboxylic acids is 1. The minimum atomic E-state index is -0.727. The summed E-state index contributed by atoms with van der Waals surface area (Å²) in [7, 11) is 0. The van der Waals surface area contributed by atoms with Crippen LogP contribution in [0.4, 0.5) is 0 Å². The monoisotopic (exact) mass is 206 g/mol. The van der Waals surface area contributed by atoms with Crippen LogP contribution in [0.1, 0.15) is 37.8 Å². The van der Waals surface area contributed by atoms with Gasteiger partial charge in [-0.3, -0.25) is 4.79 Å². The number of carboxylic acids is 1. The summed E-state index contributed by atoms with van der Waals surface area (Å²) in [6.07, 6.45) is 0.895. The first-order valence-corrected chi connectivity index (χ1v) is 5.21. The first kappa shape index (κ1) is 11.8. The quantitative estimate of drug-likeness (QED) is 0.821. The average Bonchev–Trinajstić information content (AvgIpc) is 2.16. The Hall–Kier alpha value is -1.31. The number of carboxylic acid groups (broad SMARTS) is 1. The molecule has 1 N–H and O–H groups in total. The highest BCUT2D eigenvalue weighted by molar-refractivity contribution is 5.66. The predicted molar refractivity (Wildman–Crippen MR) is 61.1 cm³/mol. The summed E-state index contributed by atoms with van der Waals surface area (Å²) >= 11 is 0. The number of hydrogen-bond donors (Lipinski definition) is 1. The van der Waals surface area contributed by atoms with E-state index in [-0.39, 0.29) is 11.8 Å². The third-order valence-electron chi connectivity index (χ3n) is 2.80. The van der Waals surface area contributed by atoms with Crippen LogP contribution in [-0.4, -0.2) is 11.1 Å². The van der Waals surface area contributed by atoms with E-state index in [0.29, 0.717) is 6.42 Å². The van der Waals surface area contributed by atoms with Crippen molar-refractivity contribution in [1.29, 1.82) is 0 Å². The molecular weight excluding hydrogens is 188 g/mol. The summed E-state index contributed by atoms with van der Waals surface area (Å²) in [5.74, 6) is -0.727. The minimum Gasteiger partial charge on any atom is -0.481 e. The van der Waals surface area contributed by atoms with E-state index in [2.05, 4.69) is 38.1 Å². The summed E-state index contributed by atoms with van der Waals surface area (Å²) in [6.45, 7) is 6.22. The molecule has 1 rings (SSSR count). The third-order valence-corrected chi connectivity index (χ3v) is 2.80. The van der Waals surface area contributed by atoms with Gasteiger partial charge < -0.3 is 5.11 Å². The van der Waals surface area contributed by atoms with Crippen molar-refractivity contribution in [2.75, 3.05) is 0 Å². The minimum absolute atomic E-state index is 0.0634. The van der Waals surface area contributed by atoms with Crippen LogP contribution >= 0.6 is 0 Å². The first-order valence-electron chi connectivity index (χ1n) is 5.21. The van der Waals surface area contributed by atoms with Gasteiger partial charge in [0.15, 0.2) is 0 Å². The average molecular weight is 206 g/mol. The normalized spacial score (nSPS) is 11.4. The molecule has 1 aromatic carbocycles. The van der Waals surface area contributed by atoms with Gasteiger partial charge in [0.1, 0.15) is 0 Å². The fourth-order valence-corrected chi connectivity index (χ4v) is 1.57. The number of carbonyl (C=O) groups is 1. The van der Waals surface area contributed by atoms with Crippen LogP contribution in [0.15, 0.2) is 24.3 Å². The van der Waals surface area contributed by atoms with Gasteiger partial charge in [-0.05, 0) is 24.3 Å². The zero-order valence-corrected chi connectivity index (χ0v) is 9.58. The molecular formula is C13H18O2. The van der Waals surface area contributed by atoms with Crippen molar-refractivity contribution in [2.24, 2.45) is 0 Å². The Morgan fingerprint density at radius 2 is 1.80 bits per heavy atom. The van der Waals surface area contributed by atoms with E-state index in [1.165, 1.54) is 11.1 Å². The highest BCUT2D eigenvalue weighted by Crippen LogP contribution is 2.28. The molecule has 82 valence electrons. The highest BCUT2D eigenvalue weighted by Gasteiger charge is 2.21. The van der Waals surface area contributed by atoms with Gasteiger partial charge in [0.25, 0.3) is 0 Å². The standard InChI is InChI=1S/C13H18O2/c1-10-4-6-11(7-5-10)13(2,3)9-8-12(14)15/h4-7H,8-9H2,1-3H3,(H,14,15). The molecule has 0 radical (unpaired) electrons. The lowest BCUT2D eigenvalue weighted by molar-refractivity contribution is -0.137. The number of rotatable bonds is 4. The lowest BCUT2D eigenvalue weighted by Gasteiger charge is -2.24. The van der Waals surface area contributed by atoms with E-state index in [0.717, 1.165) is 0 Å². The van der Waals surface area contributed by atoms with Gasteiger partial charge in [0.2, 0.25) is 0 Å². The van der Waals surface area contributed by atoms with E-state index in [4.69, 9.17) is 5.11 Å². The number of hydrogen-bond acceptors (Lipinski definition) is 1. The highest BCUT2D eigenvalue weighted by atomic mass is 16.4. The van der Waals surface area contributed by atoms with Crippen LogP contribution in [0.2, 0.25) is 0 Å². The van der Waals surface area contributed by atoms with E-state index in [9.17, 15) is 4.79 Å². The van der Waals surface area contributed by atoms with E-state index in [1.54, 1.807) is 0 Å². The van der Waals surface area contributed by atoms with Gasteiger partial charge in [0.05, 0.1) is 0 Å². The van der Waals surface area contributed by atoms with Crippen LogP contribution in [0.3, 0.4) is 0 Å². The van der Waals surface area contributed by atoms with Gasteiger partial charge in [-0.25, -0.2) is 0 Å². The Bertz CT molecular complexity index is 336. The molecule has 0 aromatic heterocycles. The summed E-state index contributed by atoms with van der Waals surface area (Å²) in [4.78, 5) is 10.5. The summed E-state index contributed by atoms with van der Waals surface area (Å²) in [6, 6.07) is 8.30. The Kier molecular flexibility index (Phi) is 3.51. The molecule has 0 spiro atoms. The first-order chi connectivity index (χ1) is 6.92. The second-order valence-electron chi connectivity index (χ2n) is 4.64. The van der Waals surface area contributed by atoms with E-state index < -0.39 is 5.97 Å². The Morgan fingerprint density at radius 1 is 1.27 bits per heavy atom. The van der Waals surface area contributed by atoms with Crippen LogP contribution in [-0.2, 0) is 10.2 Å². The Morgan fingerprint density at radius 3 is 2.27 bits per heavy atom. The zero-order chi connectivity index (χ0) is 11.5. The van der Waals surface area contributed by atoms with Gasteiger partial charge >= 0.3 is 5.97 Å². The molecule has 2 nitrogen and oxygen atoms in total. The van der Waals surface area contributed by atoms with Crippen LogP contribution < -0.4 is 0 Å². The maximum Gasteiger partial charge on any atom is 0.303 e. The van der Waals surface area contributed by atoms with Gasteiger partial charge in [-0.2, -0.15) is 0 Å². The molecule has 0 aliphatic heterocycles. The molecule has 0 bridgehead atoms. The van der Waals surface area contributed by atoms with E-state index >= 15 is 0 Å². The molecule has 1 aromatic rings. The SMILES string of the molecule is Cc1ccc(C(C)(C)CCC(=O)O)cc1. The summed E-state index contributed by atoms with van der Waals surface area (Å²) in [5.41, 5.74) is 2.37. The fraction of sp³-hybridized carbons (Fsp3) is 0.462. The van der Waals surface area contributed by atoms with E-state index in [1.807, 2.05) is 6.92 Å². The lowest BCUT2D eigenvalue weighted by Crippen LogP contribution is -2.18. The fourth-order valence-electron chi connectivity index (χ4n) is 1.57. The second kappa shape index (κ2) is 4.47. The van der Waals surface area contributed by atoms with Crippen molar-refractivity contribution < 1.29 is 9.90 Å². The smallest absolute Gasteiger partial charge is 0.303 e. The van der Waals surface area contributed by atoms with Crippen molar-refractivity contribution >= 4 is 5.97 Å². The van der Waals surface area contributed by atoms with Gasteiger partial charge in [-0.1, -0.05) is 43.7 Å². The molecule has 0 saturated heterocycles. The van der Waals surface area contributed by atoms with Crippen molar-refractivity contribution in [1.82, 2.24) is 0 Å². The van der Waals surface area contributed by atoms with Crippen LogP contribution in [0.5, 0.6) is 0 Å². The maximum absolute atomic E-state index is 10.5. The van der Waals surface area contributed by atoms with Crippen molar-refractivity contribution in [3.05, 3.63) is 35.4 Å². The van der Waals surface area contributed by atoms with Crippen molar-refractivity contribution in [2.45, 2.75) is 39.0 Å². The topological polar surface area (TPSA) is 37.3 Å². The van der Waals surface area contributed by atoms with Crippen molar-refractivity contribution in [3.63, 3.8) is 0 Å². The lowest BCUT2D eigenvalue weighted by atomic mass is 9.80. The Labute approximate surface area is 90.9 Å². The van der Waals surface area contributed by atoms with Crippen molar-refractivity contribution in [3.8, 4) is 0 Å². The van der Waals surface area contributed by atoms with Gasteiger partial charge in [-0.15, -0.1) is 0 Å². The number of benzene rings is 1. The number of aryl methyl sites for hydroxylation is 1. The summed E-state index contributed by atoms with van der Waals surface area (Å²) in [5, 5.41) is 8.67. The molecule has 0 unspecified atom stereocenters. The molecule has 0 aliphatic carbocycles. The predicted octanol–water partition coefficient (Wildman–Crippen LogP) is 3.14. The third kappa shape index (κ3) is 3.39.